The van der Waals surface area contributed by atoms with Crippen molar-refractivity contribution < 1.29 is 33.3 Å². The van der Waals surface area contributed by atoms with Crippen LogP contribution in [0, 0.1) is 0 Å². The fourth-order valence-corrected chi connectivity index (χ4v) is 2.65. The first-order valence-electron chi connectivity index (χ1n) is 9.27. The van der Waals surface area contributed by atoms with Gasteiger partial charge in [0.25, 0.3) is 5.91 Å². The number of benzene rings is 2. The highest BCUT2D eigenvalue weighted by Crippen LogP contribution is 2.32. The molecule has 3 rings (SSSR count). The molecule has 0 unspecified atom stereocenters. The van der Waals surface area contributed by atoms with Gasteiger partial charge in [-0.15, -0.1) is 0 Å². The van der Waals surface area contributed by atoms with Crippen LogP contribution in [0.3, 0.4) is 0 Å². The van der Waals surface area contributed by atoms with Gasteiger partial charge >= 0.3 is 5.97 Å². The molecule has 0 aromatic heterocycles. The van der Waals surface area contributed by atoms with Gasteiger partial charge in [0, 0.05) is 6.54 Å². The lowest BCUT2D eigenvalue weighted by atomic mass is 10.2. The number of carbonyl (C=O) groups excluding carboxylic acids is 2. The van der Waals surface area contributed by atoms with Crippen LogP contribution in [-0.2, 0) is 20.9 Å². The number of hydrogen-bond acceptors (Lipinski definition) is 7. The molecule has 1 amide bonds. The number of hydrogen-bond donors (Lipinski definition) is 1. The van der Waals surface area contributed by atoms with E-state index in [9.17, 15) is 9.59 Å². The number of nitrogens with one attached hydrogen (secondary N) is 1. The smallest absolute Gasteiger partial charge is 0.344 e. The quantitative estimate of drug-likeness (QED) is 0.645. The third-order valence-electron chi connectivity index (χ3n) is 4.08. The molecular formula is C21H23NO7. The minimum absolute atomic E-state index is 0.190. The molecule has 1 heterocycles. The van der Waals surface area contributed by atoms with Gasteiger partial charge in [-0.05, 0) is 43.7 Å². The van der Waals surface area contributed by atoms with Crippen LogP contribution in [0.1, 0.15) is 19.4 Å². The summed E-state index contributed by atoms with van der Waals surface area (Å²) in [5.41, 5.74) is 0.844. The second kappa shape index (κ2) is 9.68. The third kappa shape index (κ3) is 5.54. The summed E-state index contributed by atoms with van der Waals surface area (Å²) in [6.45, 7) is 3.97. The number of fused-ring (bicyclic) bond motifs is 1. The molecule has 8 nitrogen and oxygen atoms in total. The molecule has 0 saturated carbocycles. The first-order chi connectivity index (χ1) is 14.1. The maximum Gasteiger partial charge on any atom is 0.344 e. The summed E-state index contributed by atoms with van der Waals surface area (Å²) in [6.07, 6.45) is -0.956. The molecule has 1 N–H and O–H groups in total. The standard InChI is InChI=1S/C21H23NO7/c1-3-25-16-6-4-5-7-17(16)26-12-20(23)29-14(2)21(24)22-11-15-8-9-18-19(10-15)28-13-27-18/h4-10,14H,3,11-13H2,1-2H3,(H,22,24)/t14-/m0/s1. The van der Waals surface area contributed by atoms with Crippen LogP contribution in [0.4, 0.5) is 0 Å². The van der Waals surface area contributed by atoms with Gasteiger partial charge in [0.1, 0.15) is 0 Å². The number of esters is 1. The van der Waals surface area contributed by atoms with Crippen molar-refractivity contribution in [2.45, 2.75) is 26.5 Å². The van der Waals surface area contributed by atoms with Crippen molar-refractivity contribution in [1.29, 1.82) is 0 Å². The Labute approximate surface area is 168 Å². The number of carbonyl (C=O) groups is 2. The summed E-state index contributed by atoms with van der Waals surface area (Å²) < 4.78 is 26.6. The minimum atomic E-state index is -0.956. The van der Waals surface area contributed by atoms with Crippen LogP contribution < -0.4 is 24.3 Å². The maximum atomic E-state index is 12.2. The number of ether oxygens (including phenoxy) is 5. The van der Waals surface area contributed by atoms with Crippen molar-refractivity contribution >= 4 is 11.9 Å². The highest BCUT2D eigenvalue weighted by Gasteiger charge is 2.19. The van der Waals surface area contributed by atoms with E-state index >= 15 is 0 Å². The van der Waals surface area contributed by atoms with Crippen molar-refractivity contribution in [2.75, 3.05) is 20.0 Å². The van der Waals surface area contributed by atoms with Crippen molar-refractivity contribution in [3.8, 4) is 23.0 Å². The first-order valence-corrected chi connectivity index (χ1v) is 9.27. The summed E-state index contributed by atoms with van der Waals surface area (Å²) in [5.74, 6) is 1.23. The van der Waals surface area contributed by atoms with Crippen LogP contribution in [0.5, 0.6) is 23.0 Å². The zero-order valence-corrected chi connectivity index (χ0v) is 16.3. The second-order valence-electron chi connectivity index (χ2n) is 6.21. The van der Waals surface area contributed by atoms with E-state index < -0.39 is 18.0 Å². The second-order valence-corrected chi connectivity index (χ2v) is 6.21. The lowest BCUT2D eigenvalue weighted by molar-refractivity contribution is -0.156. The Balaban J connectivity index is 1.43. The Morgan fingerprint density at radius 3 is 2.55 bits per heavy atom. The molecule has 1 aliphatic rings. The molecule has 2 aromatic rings. The van der Waals surface area contributed by atoms with E-state index in [4.69, 9.17) is 23.7 Å². The average Bonchev–Trinajstić information content (AvgIpc) is 3.19. The van der Waals surface area contributed by atoms with Gasteiger partial charge in [-0.2, -0.15) is 0 Å². The Morgan fingerprint density at radius 2 is 1.79 bits per heavy atom. The molecular weight excluding hydrogens is 378 g/mol. The van der Waals surface area contributed by atoms with Crippen LogP contribution in [0.15, 0.2) is 42.5 Å². The highest BCUT2D eigenvalue weighted by atomic mass is 16.7. The van der Waals surface area contributed by atoms with E-state index in [1.54, 1.807) is 30.3 Å². The van der Waals surface area contributed by atoms with Gasteiger partial charge in [-0.1, -0.05) is 18.2 Å². The topological polar surface area (TPSA) is 92.3 Å². The molecule has 8 heteroatoms. The number of para-hydroxylation sites is 2. The summed E-state index contributed by atoms with van der Waals surface area (Å²) in [6, 6.07) is 12.4. The van der Waals surface area contributed by atoms with Gasteiger partial charge in [0.2, 0.25) is 6.79 Å². The number of rotatable bonds is 9. The predicted octanol–water partition coefficient (Wildman–Crippen LogP) is 2.44. The predicted molar refractivity (Wildman–Crippen MR) is 103 cm³/mol. The van der Waals surface area contributed by atoms with E-state index in [1.165, 1.54) is 6.92 Å². The number of amides is 1. The highest BCUT2D eigenvalue weighted by molar-refractivity contribution is 5.83. The van der Waals surface area contributed by atoms with E-state index in [0.717, 1.165) is 5.56 Å². The Hall–Kier alpha value is -3.42. The molecule has 0 spiro atoms. The van der Waals surface area contributed by atoms with Crippen LogP contribution in [0.2, 0.25) is 0 Å². The van der Waals surface area contributed by atoms with Gasteiger partial charge < -0.3 is 29.0 Å². The molecule has 0 aliphatic carbocycles. The summed E-state index contributed by atoms with van der Waals surface area (Å²) in [4.78, 5) is 24.2. The minimum Gasteiger partial charge on any atom is -0.490 e. The van der Waals surface area contributed by atoms with E-state index in [1.807, 2.05) is 19.1 Å². The van der Waals surface area contributed by atoms with Crippen LogP contribution in [0.25, 0.3) is 0 Å². The van der Waals surface area contributed by atoms with E-state index in [0.29, 0.717) is 29.6 Å². The third-order valence-corrected chi connectivity index (χ3v) is 4.08. The van der Waals surface area contributed by atoms with Gasteiger partial charge in [-0.3, -0.25) is 4.79 Å². The first kappa shape index (κ1) is 20.3. The Bertz CT molecular complexity index is 868. The average molecular weight is 401 g/mol. The van der Waals surface area contributed by atoms with E-state index in [-0.39, 0.29) is 19.9 Å². The van der Waals surface area contributed by atoms with Crippen LogP contribution >= 0.6 is 0 Å². The zero-order chi connectivity index (χ0) is 20.6. The van der Waals surface area contributed by atoms with Crippen molar-refractivity contribution in [2.24, 2.45) is 0 Å². The largest absolute Gasteiger partial charge is 0.490 e. The molecule has 29 heavy (non-hydrogen) atoms. The lowest BCUT2D eigenvalue weighted by Crippen LogP contribution is -2.36. The molecule has 0 bridgehead atoms. The molecule has 1 aliphatic heterocycles. The van der Waals surface area contributed by atoms with Crippen molar-refractivity contribution in [3.63, 3.8) is 0 Å². The molecule has 0 saturated heterocycles. The Morgan fingerprint density at radius 1 is 1.07 bits per heavy atom. The Kier molecular flexibility index (Phi) is 6.78. The fourth-order valence-electron chi connectivity index (χ4n) is 2.65. The van der Waals surface area contributed by atoms with Gasteiger partial charge in [0.15, 0.2) is 35.7 Å². The SMILES string of the molecule is CCOc1ccccc1OCC(=O)O[C@@H](C)C(=O)NCc1ccc2c(c1)OCO2. The molecule has 0 fully saturated rings. The zero-order valence-electron chi connectivity index (χ0n) is 16.3. The van der Waals surface area contributed by atoms with Gasteiger partial charge in [-0.25, -0.2) is 4.79 Å². The molecule has 2 aromatic carbocycles. The van der Waals surface area contributed by atoms with E-state index in [2.05, 4.69) is 5.32 Å². The summed E-state index contributed by atoms with van der Waals surface area (Å²) >= 11 is 0. The lowest BCUT2D eigenvalue weighted by Gasteiger charge is -2.15. The normalized spacial score (nSPS) is 12.8. The maximum absolute atomic E-state index is 12.2. The fraction of sp³-hybridized carbons (Fsp3) is 0.333. The van der Waals surface area contributed by atoms with Crippen LogP contribution in [-0.4, -0.2) is 38.0 Å². The molecule has 1 atom stereocenters. The van der Waals surface area contributed by atoms with Crippen molar-refractivity contribution in [1.82, 2.24) is 5.32 Å². The summed E-state index contributed by atoms with van der Waals surface area (Å²) in [5, 5.41) is 2.72. The molecule has 154 valence electrons. The monoisotopic (exact) mass is 401 g/mol. The summed E-state index contributed by atoms with van der Waals surface area (Å²) in [7, 11) is 0. The van der Waals surface area contributed by atoms with Crippen molar-refractivity contribution in [3.05, 3.63) is 48.0 Å². The molecule has 0 radical (unpaired) electrons. The van der Waals surface area contributed by atoms with Gasteiger partial charge in [0.05, 0.1) is 6.61 Å².